The second kappa shape index (κ2) is 6.63. The van der Waals surface area contributed by atoms with Crippen molar-refractivity contribution in [2.45, 2.75) is 24.7 Å². The van der Waals surface area contributed by atoms with Crippen LogP contribution < -0.4 is 10.9 Å². The minimum atomic E-state index is -4.49. The van der Waals surface area contributed by atoms with Crippen LogP contribution in [-0.4, -0.2) is 35.0 Å². The lowest BCUT2D eigenvalue weighted by Gasteiger charge is -2.28. The number of rotatable bonds is 3. The highest BCUT2D eigenvalue weighted by atomic mass is 19.4. The maximum absolute atomic E-state index is 13.0. The van der Waals surface area contributed by atoms with Gasteiger partial charge in [0.2, 0.25) is 5.95 Å². The van der Waals surface area contributed by atoms with E-state index in [1.165, 1.54) is 11.1 Å². The van der Waals surface area contributed by atoms with Gasteiger partial charge in [-0.05, 0) is 49.8 Å². The molecule has 3 aromatic rings. The fraction of sp³-hybridized carbons (Fsp3) is 0.300. The first kappa shape index (κ1) is 18.5. The number of halogens is 3. The Morgan fingerprint density at radius 2 is 1.93 bits per heavy atom. The van der Waals surface area contributed by atoms with Crippen molar-refractivity contribution in [1.82, 2.24) is 14.9 Å². The summed E-state index contributed by atoms with van der Waals surface area (Å²) in [6.07, 6.45) is -3.77. The highest BCUT2D eigenvalue weighted by molar-refractivity contribution is 5.79. The molecule has 146 valence electrons. The van der Waals surface area contributed by atoms with Crippen LogP contribution in [0.5, 0.6) is 0 Å². The number of alkyl halides is 3. The minimum absolute atomic E-state index is 0.0120. The Balaban J connectivity index is 1.71. The van der Waals surface area contributed by atoms with Gasteiger partial charge in [-0.2, -0.15) is 13.2 Å². The number of aromatic amines is 1. The zero-order valence-electron chi connectivity index (χ0n) is 15.3. The Bertz CT molecular complexity index is 1090. The predicted octanol–water partition coefficient (Wildman–Crippen LogP) is 3.58. The number of likely N-dealkylation sites (N-methyl/N-ethyl adjacent to an activating group) is 1. The molecule has 1 aliphatic rings. The molecule has 0 fully saturated rings. The topological polar surface area (TPSA) is 61.0 Å². The van der Waals surface area contributed by atoms with Gasteiger partial charge in [0.15, 0.2) is 0 Å². The predicted molar refractivity (Wildman–Crippen MR) is 101 cm³/mol. The summed E-state index contributed by atoms with van der Waals surface area (Å²) in [5.41, 5.74) is 1.09. The number of benzene rings is 2. The van der Waals surface area contributed by atoms with E-state index >= 15 is 0 Å². The first-order valence-corrected chi connectivity index (χ1v) is 8.86. The Hall–Kier alpha value is -2.87. The van der Waals surface area contributed by atoms with E-state index in [-0.39, 0.29) is 28.9 Å². The van der Waals surface area contributed by atoms with Gasteiger partial charge in [0.05, 0.1) is 28.6 Å². The molecule has 5 nitrogen and oxygen atoms in total. The van der Waals surface area contributed by atoms with Gasteiger partial charge in [-0.3, -0.25) is 9.78 Å². The Labute approximate surface area is 159 Å². The van der Waals surface area contributed by atoms with Crippen LogP contribution in [0, 0.1) is 0 Å². The summed E-state index contributed by atoms with van der Waals surface area (Å²) in [4.78, 5) is 21.3. The summed E-state index contributed by atoms with van der Waals surface area (Å²) in [5.74, 6) is 0.168. The maximum atomic E-state index is 13.0. The quantitative estimate of drug-likeness (QED) is 0.720. The van der Waals surface area contributed by atoms with Gasteiger partial charge < -0.3 is 10.2 Å². The van der Waals surface area contributed by atoms with E-state index < -0.39 is 17.3 Å². The maximum Gasteiger partial charge on any atom is 0.416 e. The van der Waals surface area contributed by atoms with Gasteiger partial charge in [-0.25, -0.2) is 4.98 Å². The highest BCUT2D eigenvalue weighted by Gasteiger charge is 2.34. The summed E-state index contributed by atoms with van der Waals surface area (Å²) in [6.45, 7) is 0. The third-order valence-corrected chi connectivity index (χ3v) is 5.11. The van der Waals surface area contributed by atoms with Crippen molar-refractivity contribution < 1.29 is 13.2 Å². The highest BCUT2D eigenvalue weighted by Crippen LogP contribution is 2.36. The summed E-state index contributed by atoms with van der Waals surface area (Å²) in [5, 5.41) is 3.34. The average molecular weight is 388 g/mol. The first-order chi connectivity index (χ1) is 13.2. The molecule has 0 spiro atoms. The van der Waals surface area contributed by atoms with Crippen LogP contribution in [0.15, 0.2) is 47.3 Å². The van der Waals surface area contributed by atoms with E-state index in [1.54, 1.807) is 0 Å². The van der Waals surface area contributed by atoms with Crippen LogP contribution in [0.1, 0.15) is 22.7 Å². The van der Waals surface area contributed by atoms with Crippen LogP contribution in [-0.2, 0) is 12.6 Å². The van der Waals surface area contributed by atoms with E-state index in [1.807, 2.05) is 26.2 Å². The molecule has 0 bridgehead atoms. The number of H-pyrrole nitrogens is 1. The van der Waals surface area contributed by atoms with Crippen LogP contribution in [0.4, 0.5) is 19.1 Å². The summed E-state index contributed by atoms with van der Waals surface area (Å²) < 4.78 is 39.0. The molecule has 28 heavy (non-hydrogen) atoms. The zero-order valence-corrected chi connectivity index (χ0v) is 15.3. The lowest BCUT2D eigenvalue weighted by molar-refractivity contribution is -0.137. The molecular weight excluding hydrogens is 369 g/mol. The smallest absolute Gasteiger partial charge is 0.351 e. The van der Waals surface area contributed by atoms with Gasteiger partial charge in [-0.1, -0.05) is 24.3 Å². The van der Waals surface area contributed by atoms with Crippen LogP contribution >= 0.6 is 0 Å². The van der Waals surface area contributed by atoms with Crippen molar-refractivity contribution in [3.05, 3.63) is 69.5 Å². The first-order valence-electron chi connectivity index (χ1n) is 8.86. The molecule has 0 aliphatic heterocycles. The van der Waals surface area contributed by atoms with Crippen LogP contribution in [0.25, 0.3) is 10.9 Å². The molecule has 2 aromatic carbocycles. The largest absolute Gasteiger partial charge is 0.416 e. The minimum Gasteiger partial charge on any atom is -0.351 e. The molecule has 1 aromatic heterocycles. The monoisotopic (exact) mass is 388 g/mol. The van der Waals surface area contributed by atoms with Crippen molar-refractivity contribution in [2.75, 3.05) is 19.4 Å². The third-order valence-electron chi connectivity index (χ3n) is 5.11. The van der Waals surface area contributed by atoms with Crippen LogP contribution in [0.3, 0.4) is 0 Å². The molecule has 0 amide bonds. The number of anilines is 1. The molecule has 1 heterocycles. The molecule has 0 saturated heterocycles. The van der Waals surface area contributed by atoms with Gasteiger partial charge >= 0.3 is 6.18 Å². The van der Waals surface area contributed by atoms with E-state index in [0.717, 1.165) is 24.6 Å². The number of nitrogens with one attached hydrogen (secondary N) is 2. The Kier molecular flexibility index (Phi) is 4.38. The molecule has 8 heteroatoms. The second-order valence-corrected chi connectivity index (χ2v) is 7.21. The standard InChI is InChI=1S/C20H19F3N4O/c1-27(2)17-13-6-4-3-5-11(13)9-16(17)25-19-24-15-10-12(20(21,22)23)7-8-14(15)18(28)26-19/h3-8,10,16-17H,9H2,1-2H3,(H2,24,25,26,28)/t16-,17-/m1/s1. The van der Waals surface area contributed by atoms with Crippen molar-refractivity contribution in [3.8, 4) is 0 Å². The van der Waals surface area contributed by atoms with E-state index in [9.17, 15) is 18.0 Å². The SMILES string of the molecule is CN(C)[C@@H]1c2ccccc2C[C@H]1Nc1nc2cc(C(F)(F)F)ccc2c(=O)[nH]1. The van der Waals surface area contributed by atoms with Gasteiger partial charge in [0, 0.05) is 0 Å². The normalized spacial score (nSPS) is 19.2. The molecule has 2 atom stereocenters. The summed E-state index contributed by atoms with van der Waals surface area (Å²) in [6, 6.07) is 11.0. The summed E-state index contributed by atoms with van der Waals surface area (Å²) in [7, 11) is 3.93. The van der Waals surface area contributed by atoms with Crippen molar-refractivity contribution in [1.29, 1.82) is 0 Å². The number of fused-ring (bicyclic) bond motifs is 2. The van der Waals surface area contributed by atoms with E-state index in [4.69, 9.17) is 0 Å². The van der Waals surface area contributed by atoms with Gasteiger partial charge in [-0.15, -0.1) is 0 Å². The van der Waals surface area contributed by atoms with Crippen molar-refractivity contribution in [3.63, 3.8) is 0 Å². The molecule has 1 aliphatic carbocycles. The lowest BCUT2D eigenvalue weighted by Crippen LogP contribution is -2.34. The third kappa shape index (κ3) is 3.24. The molecule has 0 saturated carbocycles. The number of aromatic nitrogens is 2. The fourth-order valence-corrected chi connectivity index (χ4v) is 3.90. The molecule has 4 rings (SSSR count). The summed E-state index contributed by atoms with van der Waals surface area (Å²) >= 11 is 0. The molecule has 0 unspecified atom stereocenters. The van der Waals surface area contributed by atoms with E-state index in [2.05, 4.69) is 32.3 Å². The molecule has 0 radical (unpaired) electrons. The Morgan fingerprint density at radius 3 is 2.64 bits per heavy atom. The molecule has 2 N–H and O–H groups in total. The second-order valence-electron chi connectivity index (χ2n) is 7.21. The fourth-order valence-electron chi connectivity index (χ4n) is 3.90. The number of hydrogen-bond donors (Lipinski definition) is 2. The average Bonchev–Trinajstić information content (AvgIpc) is 2.98. The van der Waals surface area contributed by atoms with Crippen LogP contribution in [0.2, 0.25) is 0 Å². The number of nitrogens with zero attached hydrogens (tertiary/aromatic N) is 2. The Morgan fingerprint density at radius 1 is 1.18 bits per heavy atom. The van der Waals surface area contributed by atoms with E-state index in [0.29, 0.717) is 0 Å². The van der Waals surface area contributed by atoms with Gasteiger partial charge in [0.25, 0.3) is 5.56 Å². The van der Waals surface area contributed by atoms with Gasteiger partial charge in [0.1, 0.15) is 0 Å². The molecular formula is C20H19F3N4O. The zero-order chi connectivity index (χ0) is 20.1. The number of hydrogen-bond acceptors (Lipinski definition) is 4. The van der Waals surface area contributed by atoms with Crippen molar-refractivity contribution in [2.24, 2.45) is 0 Å². The van der Waals surface area contributed by atoms with Crippen molar-refractivity contribution >= 4 is 16.9 Å². The lowest BCUT2D eigenvalue weighted by atomic mass is 10.1.